The summed E-state index contributed by atoms with van der Waals surface area (Å²) >= 11 is 0. The van der Waals surface area contributed by atoms with Gasteiger partial charge in [-0.3, -0.25) is 4.79 Å². The highest BCUT2D eigenvalue weighted by atomic mass is 19.3. The molecule has 3 rings (SSSR count). The van der Waals surface area contributed by atoms with Crippen molar-refractivity contribution in [3.05, 3.63) is 29.8 Å². The van der Waals surface area contributed by atoms with Crippen LogP contribution < -0.4 is 5.32 Å². The number of anilines is 1. The highest BCUT2D eigenvalue weighted by Crippen LogP contribution is 2.50. The fourth-order valence-corrected chi connectivity index (χ4v) is 2.91. The first-order chi connectivity index (χ1) is 8.04. The fraction of sp³-hybridized carbons (Fsp3) is 0.462. The second-order valence-corrected chi connectivity index (χ2v) is 4.94. The van der Waals surface area contributed by atoms with Crippen molar-refractivity contribution >= 4 is 11.6 Å². The lowest BCUT2D eigenvalue weighted by Crippen LogP contribution is -2.41. The summed E-state index contributed by atoms with van der Waals surface area (Å²) < 4.78 is 26.4. The lowest BCUT2D eigenvalue weighted by Gasteiger charge is -2.35. The molecule has 1 saturated carbocycles. The van der Waals surface area contributed by atoms with Gasteiger partial charge in [0.05, 0.1) is 5.41 Å². The van der Waals surface area contributed by atoms with E-state index in [0.29, 0.717) is 0 Å². The van der Waals surface area contributed by atoms with Gasteiger partial charge in [0, 0.05) is 18.5 Å². The normalized spacial score (nSPS) is 24.5. The topological polar surface area (TPSA) is 29.1 Å². The Balaban J connectivity index is 2.01. The molecule has 1 aliphatic carbocycles. The average Bonchev–Trinajstić information content (AvgIpc) is 2.57. The molecule has 1 N–H and O–H groups in total. The molecular formula is C13H13F2NO. The molecule has 17 heavy (non-hydrogen) atoms. The summed E-state index contributed by atoms with van der Waals surface area (Å²) in [7, 11) is 0. The fourth-order valence-electron chi connectivity index (χ4n) is 2.91. The van der Waals surface area contributed by atoms with E-state index in [1.54, 1.807) is 0 Å². The predicted octanol–water partition coefficient (Wildman–Crippen LogP) is 3.09. The molecule has 0 bridgehead atoms. The van der Waals surface area contributed by atoms with Crippen molar-refractivity contribution in [3.63, 3.8) is 0 Å². The number of amides is 1. The van der Waals surface area contributed by atoms with Crippen LogP contribution in [0.3, 0.4) is 0 Å². The molecule has 4 heteroatoms. The van der Waals surface area contributed by atoms with Crippen molar-refractivity contribution in [2.24, 2.45) is 0 Å². The predicted molar refractivity (Wildman–Crippen MR) is 60.2 cm³/mol. The summed E-state index contributed by atoms with van der Waals surface area (Å²) in [6.45, 7) is 0. The molecule has 0 unspecified atom stereocenters. The van der Waals surface area contributed by atoms with Gasteiger partial charge in [0.15, 0.2) is 0 Å². The molecule has 0 saturated heterocycles. The van der Waals surface area contributed by atoms with E-state index < -0.39 is 11.3 Å². The zero-order valence-electron chi connectivity index (χ0n) is 9.30. The van der Waals surface area contributed by atoms with E-state index >= 15 is 0 Å². The Hall–Kier alpha value is -1.45. The van der Waals surface area contributed by atoms with Gasteiger partial charge in [0.1, 0.15) is 0 Å². The third-order valence-corrected chi connectivity index (χ3v) is 3.96. The smallest absolute Gasteiger partial charge is 0.248 e. The standard InChI is InChI=1S/C13H13F2NO/c14-13(15)7-5-12(6-8-13)9-3-1-2-4-10(9)16-11(12)17/h1-4H,5-8H2,(H,16,17). The third kappa shape index (κ3) is 1.47. The number of halogens is 2. The Morgan fingerprint density at radius 2 is 1.71 bits per heavy atom. The number of benzene rings is 1. The van der Waals surface area contributed by atoms with Crippen LogP contribution in [-0.2, 0) is 10.2 Å². The quantitative estimate of drug-likeness (QED) is 0.738. The highest BCUT2D eigenvalue weighted by Gasteiger charge is 2.52. The van der Waals surface area contributed by atoms with Crippen LogP contribution in [0.1, 0.15) is 31.2 Å². The number of nitrogens with one attached hydrogen (secondary N) is 1. The monoisotopic (exact) mass is 237 g/mol. The van der Waals surface area contributed by atoms with Crippen molar-refractivity contribution in [3.8, 4) is 0 Å². The first-order valence-corrected chi connectivity index (χ1v) is 5.82. The molecule has 2 nitrogen and oxygen atoms in total. The lowest BCUT2D eigenvalue weighted by molar-refractivity contribution is -0.125. The van der Waals surface area contributed by atoms with E-state index in [9.17, 15) is 13.6 Å². The van der Waals surface area contributed by atoms with E-state index in [4.69, 9.17) is 0 Å². The zero-order valence-corrected chi connectivity index (χ0v) is 9.30. The van der Waals surface area contributed by atoms with Gasteiger partial charge in [-0.1, -0.05) is 18.2 Å². The SMILES string of the molecule is O=C1Nc2ccccc2C12CCC(F)(F)CC2. The number of carbonyl (C=O) groups is 1. The average molecular weight is 237 g/mol. The molecule has 0 atom stereocenters. The van der Waals surface area contributed by atoms with E-state index in [1.165, 1.54) is 0 Å². The summed E-state index contributed by atoms with van der Waals surface area (Å²) in [4.78, 5) is 12.1. The van der Waals surface area contributed by atoms with Crippen LogP contribution in [0.5, 0.6) is 0 Å². The van der Waals surface area contributed by atoms with E-state index in [0.717, 1.165) is 11.3 Å². The van der Waals surface area contributed by atoms with Crippen molar-refractivity contribution in [2.45, 2.75) is 37.0 Å². The third-order valence-electron chi connectivity index (χ3n) is 3.96. The second-order valence-electron chi connectivity index (χ2n) is 4.94. The molecule has 90 valence electrons. The number of para-hydroxylation sites is 1. The van der Waals surface area contributed by atoms with Crippen LogP contribution in [0, 0.1) is 0 Å². The Labute approximate surface area is 98.0 Å². The molecule has 0 aromatic heterocycles. The van der Waals surface area contributed by atoms with E-state index in [1.807, 2.05) is 24.3 Å². The van der Waals surface area contributed by atoms with Crippen LogP contribution >= 0.6 is 0 Å². The van der Waals surface area contributed by atoms with Crippen LogP contribution in [0.25, 0.3) is 0 Å². The zero-order chi connectivity index (χ0) is 12.1. The minimum absolute atomic E-state index is 0.116. The number of rotatable bonds is 0. The maximum atomic E-state index is 13.2. The molecule has 0 radical (unpaired) electrons. The summed E-state index contributed by atoms with van der Waals surface area (Å²) in [6.07, 6.45) is 0.0786. The maximum Gasteiger partial charge on any atom is 0.248 e. The molecule has 1 amide bonds. The number of fused-ring (bicyclic) bond motifs is 2. The Kier molecular flexibility index (Phi) is 2.06. The van der Waals surface area contributed by atoms with Gasteiger partial charge in [-0.25, -0.2) is 8.78 Å². The first kappa shape index (κ1) is 10.7. The summed E-state index contributed by atoms with van der Waals surface area (Å²) in [5, 5.41) is 2.80. The van der Waals surface area contributed by atoms with Crippen LogP contribution in [0.15, 0.2) is 24.3 Å². The van der Waals surface area contributed by atoms with Gasteiger partial charge >= 0.3 is 0 Å². The van der Waals surface area contributed by atoms with Crippen molar-refractivity contribution in [2.75, 3.05) is 5.32 Å². The van der Waals surface area contributed by atoms with Crippen LogP contribution in [0.2, 0.25) is 0 Å². The molecule has 1 heterocycles. The van der Waals surface area contributed by atoms with Crippen molar-refractivity contribution in [1.29, 1.82) is 0 Å². The van der Waals surface area contributed by atoms with Gasteiger partial charge in [-0.2, -0.15) is 0 Å². The molecule has 1 aromatic carbocycles. The summed E-state index contributed by atoms with van der Waals surface area (Å²) in [5.41, 5.74) is 0.960. The number of carbonyl (C=O) groups excluding carboxylic acids is 1. The molecule has 2 aliphatic rings. The Bertz CT molecular complexity index is 474. The van der Waals surface area contributed by atoms with Gasteiger partial charge in [0.25, 0.3) is 0 Å². The van der Waals surface area contributed by atoms with Gasteiger partial charge in [-0.05, 0) is 24.5 Å². The van der Waals surface area contributed by atoms with Crippen LogP contribution in [-0.4, -0.2) is 11.8 Å². The first-order valence-electron chi connectivity index (χ1n) is 5.82. The summed E-state index contributed by atoms with van der Waals surface area (Å²) in [5.74, 6) is -2.72. The maximum absolute atomic E-state index is 13.2. The van der Waals surface area contributed by atoms with E-state index in [2.05, 4.69) is 5.32 Å². The van der Waals surface area contributed by atoms with Crippen molar-refractivity contribution < 1.29 is 13.6 Å². The Morgan fingerprint density at radius 3 is 2.41 bits per heavy atom. The minimum atomic E-state index is -2.61. The molecule has 1 aliphatic heterocycles. The molecular weight excluding hydrogens is 224 g/mol. The molecule has 1 aromatic rings. The highest BCUT2D eigenvalue weighted by molar-refractivity contribution is 6.06. The van der Waals surface area contributed by atoms with Gasteiger partial charge in [0.2, 0.25) is 11.8 Å². The minimum Gasteiger partial charge on any atom is -0.325 e. The molecule has 1 spiro atoms. The molecule has 1 fully saturated rings. The van der Waals surface area contributed by atoms with Gasteiger partial charge in [-0.15, -0.1) is 0 Å². The lowest BCUT2D eigenvalue weighted by atomic mass is 9.69. The Morgan fingerprint density at radius 1 is 1.06 bits per heavy atom. The van der Waals surface area contributed by atoms with Crippen LogP contribution in [0.4, 0.5) is 14.5 Å². The number of hydrogen-bond donors (Lipinski definition) is 1. The van der Waals surface area contributed by atoms with E-state index in [-0.39, 0.29) is 31.6 Å². The van der Waals surface area contributed by atoms with Gasteiger partial charge < -0.3 is 5.32 Å². The second kappa shape index (κ2) is 3.28. The largest absolute Gasteiger partial charge is 0.325 e. The number of hydrogen-bond acceptors (Lipinski definition) is 1. The van der Waals surface area contributed by atoms with Crippen molar-refractivity contribution in [1.82, 2.24) is 0 Å². The summed E-state index contributed by atoms with van der Waals surface area (Å²) in [6, 6.07) is 7.40. The number of alkyl halides is 2.